The second kappa shape index (κ2) is 6.86. The lowest BCUT2D eigenvalue weighted by atomic mass is 9.93. The third-order valence-electron chi connectivity index (χ3n) is 3.72. The van der Waals surface area contributed by atoms with E-state index in [9.17, 15) is 9.90 Å². The first-order valence-electron chi connectivity index (χ1n) is 7.27. The lowest BCUT2D eigenvalue weighted by molar-refractivity contribution is 0.0867. The summed E-state index contributed by atoms with van der Waals surface area (Å²) in [7, 11) is 4.03. The molecule has 4 nitrogen and oxygen atoms in total. The number of aliphatic hydroxyl groups is 1. The number of nitrogens with zero attached hydrogens (tertiary/aromatic N) is 1. The highest BCUT2D eigenvalue weighted by atomic mass is 16.3. The molecule has 0 aromatic heterocycles. The second-order valence-corrected chi connectivity index (χ2v) is 5.92. The molecule has 1 aliphatic carbocycles. The number of hydrogen-bond donors (Lipinski definition) is 2. The van der Waals surface area contributed by atoms with Crippen molar-refractivity contribution >= 4 is 5.91 Å². The van der Waals surface area contributed by atoms with E-state index in [2.05, 4.69) is 10.2 Å². The molecule has 1 amide bonds. The van der Waals surface area contributed by atoms with Crippen LogP contribution in [0.5, 0.6) is 0 Å². The predicted molar refractivity (Wildman–Crippen MR) is 79.6 cm³/mol. The quantitative estimate of drug-likeness (QED) is 0.881. The smallest absolute Gasteiger partial charge is 0.251 e. The number of benzene rings is 1. The van der Waals surface area contributed by atoms with E-state index in [1.807, 2.05) is 38.4 Å². The Bertz CT molecular complexity index is 452. The molecule has 0 saturated heterocycles. The summed E-state index contributed by atoms with van der Waals surface area (Å²) >= 11 is 0. The molecule has 0 radical (unpaired) electrons. The lowest BCUT2D eigenvalue weighted by Crippen LogP contribution is -2.38. The fraction of sp³-hybridized carbons (Fsp3) is 0.562. The van der Waals surface area contributed by atoms with E-state index in [1.54, 1.807) is 0 Å². The zero-order chi connectivity index (χ0) is 14.5. The van der Waals surface area contributed by atoms with E-state index in [0.717, 1.165) is 43.4 Å². The van der Waals surface area contributed by atoms with Gasteiger partial charge in [-0.15, -0.1) is 0 Å². The minimum absolute atomic E-state index is 0.00741. The molecule has 4 heteroatoms. The van der Waals surface area contributed by atoms with Crippen molar-refractivity contribution in [3.05, 3.63) is 35.4 Å². The topological polar surface area (TPSA) is 52.6 Å². The van der Waals surface area contributed by atoms with Gasteiger partial charge < -0.3 is 15.3 Å². The van der Waals surface area contributed by atoms with Gasteiger partial charge in [0.2, 0.25) is 0 Å². The fourth-order valence-corrected chi connectivity index (χ4v) is 2.66. The molecule has 1 aliphatic rings. The van der Waals surface area contributed by atoms with Crippen LogP contribution in [0.15, 0.2) is 24.3 Å². The number of amides is 1. The Balaban J connectivity index is 1.95. The van der Waals surface area contributed by atoms with E-state index >= 15 is 0 Å². The van der Waals surface area contributed by atoms with Crippen molar-refractivity contribution in [1.82, 2.24) is 10.2 Å². The highest BCUT2D eigenvalue weighted by molar-refractivity contribution is 5.94. The van der Waals surface area contributed by atoms with Crippen LogP contribution in [0.25, 0.3) is 0 Å². The SMILES string of the molecule is CN(C)Cc1cccc(C(=O)NC2CCC(O)CC2)c1. The van der Waals surface area contributed by atoms with Crippen LogP contribution in [0.2, 0.25) is 0 Å². The first-order chi connectivity index (χ1) is 9.54. The Morgan fingerprint density at radius 2 is 2.00 bits per heavy atom. The van der Waals surface area contributed by atoms with Crippen LogP contribution >= 0.6 is 0 Å². The van der Waals surface area contributed by atoms with Gasteiger partial charge in [-0.05, 0) is 57.5 Å². The Labute approximate surface area is 120 Å². The summed E-state index contributed by atoms with van der Waals surface area (Å²) in [5.74, 6) is -0.00741. The summed E-state index contributed by atoms with van der Waals surface area (Å²) in [4.78, 5) is 14.3. The van der Waals surface area contributed by atoms with E-state index < -0.39 is 0 Å². The maximum atomic E-state index is 12.2. The number of carbonyl (C=O) groups excluding carboxylic acids is 1. The molecule has 0 spiro atoms. The van der Waals surface area contributed by atoms with Gasteiger partial charge in [0.05, 0.1) is 6.10 Å². The van der Waals surface area contributed by atoms with Gasteiger partial charge in [-0.1, -0.05) is 12.1 Å². The van der Waals surface area contributed by atoms with E-state index in [4.69, 9.17) is 0 Å². The van der Waals surface area contributed by atoms with Gasteiger partial charge in [0.25, 0.3) is 5.91 Å². The van der Waals surface area contributed by atoms with Crippen LogP contribution in [-0.2, 0) is 6.54 Å². The first kappa shape index (κ1) is 15.0. The number of rotatable bonds is 4. The molecular formula is C16H24N2O2. The molecule has 0 aliphatic heterocycles. The second-order valence-electron chi connectivity index (χ2n) is 5.92. The molecule has 0 heterocycles. The molecule has 2 rings (SSSR count). The van der Waals surface area contributed by atoms with Crippen molar-refractivity contribution in [2.75, 3.05) is 14.1 Å². The third-order valence-corrected chi connectivity index (χ3v) is 3.72. The monoisotopic (exact) mass is 276 g/mol. The summed E-state index contributed by atoms with van der Waals surface area (Å²) in [5.41, 5.74) is 1.86. The largest absolute Gasteiger partial charge is 0.393 e. The lowest BCUT2D eigenvalue weighted by Gasteiger charge is -2.26. The molecule has 0 bridgehead atoms. The van der Waals surface area contributed by atoms with Gasteiger partial charge in [-0.25, -0.2) is 0 Å². The number of nitrogens with one attached hydrogen (secondary N) is 1. The molecule has 0 unspecified atom stereocenters. The van der Waals surface area contributed by atoms with Gasteiger partial charge in [-0.2, -0.15) is 0 Å². The summed E-state index contributed by atoms with van der Waals surface area (Å²) in [6.45, 7) is 0.830. The zero-order valence-electron chi connectivity index (χ0n) is 12.3. The van der Waals surface area contributed by atoms with E-state index in [-0.39, 0.29) is 18.1 Å². The Hall–Kier alpha value is -1.39. The summed E-state index contributed by atoms with van der Waals surface area (Å²) in [6, 6.07) is 7.97. The van der Waals surface area contributed by atoms with Crippen molar-refractivity contribution in [2.24, 2.45) is 0 Å². The molecule has 20 heavy (non-hydrogen) atoms. The molecule has 1 aromatic rings. The molecule has 1 aromatic carbocycles. The van der Waals surface area contributed by atoms with Gasteiger partial charge >= 0.3 is 0 Å². The average molecular weight is 276 g/mol. The Kier molecular flexibility index (Phi) is 5.15. The van der Waals surface area contributed by atoms with Gasteiger partial charge in [0.15, 0.2) is 0 Å². The van der Waals surface area contributed by atoms with Crippen LogP contribution in [0.3, 0.4) is 0 Å². The molecule has 1 fully saturated rings. The van der Waals surface area contributed by atoms with Crippen LogP contribution in [0.1, 0.15) is 41.6 Å². The summed E-state index contributed by atoms with van der Waals surface area (Å²) < 4.78 is 0. The minimum Gasteiger partial charge on any atom is -0.393 e. The Morgan fingerprint density at radius 1 is 1.30 bits per heavy atom. The Morgan fingerprint density at radius 3 is 2.65 bits per heavy atom. The highest BCUT2D eigenvalue weighted by Gasteiger charge is 2.21. The minimum atomic E-state index is -0.188. The van der Waals surface area contributed by atoms with E-state index in [0.29, 0.717) is 0 Å². The van der Waals surface area contributed by atoms with Gasteiger partial charge in [0, 0.05) is 18.2 Å². The van der Waals surface area contributed by atoms with Gasteiger partial charge in [-0.3, -0.25) is 4.79 Å². The van der Waals surface area contributed by atoms with Crippen molar-refractivity contribution in [1.29, 1.82) is 0 Å². The zero-order valence-corrected chi connectivity index (χ0v) is 12.3. The summed E-state index contributed by atoms with van der Waals surface area (Å²) in [5, 5.41) is 12.6. The van der Waals surface area contributed by atoms with Crippen LogP contribution in [0.4, 0.5) is 0 Å². The van der Waals surface area contributed by atoms with Crippen molar-refractivity contribution in [3.63, 3.8) is 0 Å². The predicted octanol–water partition coefficient (Wildman–Crippen LogP) is 1.78. The maximum Gasteiger partial charge on any atom is 0.251 e. The fourth-order valence-electron chi connectivity index (χ4n) is 2.66. The molecular weight excluding hydrogens is 252 g/mol. The van der Waals surface area contributed by atoms with Crippen LogP contribution in [0, 0.1) is 0 Å². The summed E-state index contributed by atoms with van der Waals surface area (Å²) in [6.07, 6.45) is 3.11. The highest BCUT2D eigenvalue weighted by Crippen LogP contribution is 2.19. The van der Waals surface area contributed by atoms with E-state index in [1.165, 1.54) is 0 Å². The standard InChI is InChI=1S/C16H24N2O2/c1-18(2)11-12-4-3-5-13(10-12)16(20)17-14-6-8-15(19)9-7-14/h3-5,10,14-15,19H,6-9,11H2,1-2H3,(H,17,20). The normalized spacial score (nSPS) is 22.8. The van der Waals surface area contributed by atoms with Gasteiger partial charge in [0.1, 0.15) is 0 Å². The number of aliphatic hydroxyl groups excluding tert-OH is 1. The van der Waals surface area contributed by atoms with Crippen LogP contribution < -0.4 is 5.32 Å². The number of carbonyl (C=O) groups is 1. The van der Waals surface area contributed by atoms with Crippen molar-refractivity contribution in [2.45, 2.75) is 44.4 Å². The molecule has 2 N–H and O–H groups in total. The molecule has 110 valence electrons. The van der Waals surface area contributed by atoms with Crippen molar-refractivity contribution < 1.29 is 9.90 Å². The maximum absolute atomic E-state index is 12.2. The average Bonchev–Trinajstić information content (AvgIpc) is 2.41. The van der Waals surface area contributed by atoms with Crippen LogP contribution in [-0.4, -0.2) is 42.2 Å². The number of hydrogen-bond acceptors (Lipinski definition) is 3. The molecule has 1 saturated carbocycles. The first-order valence-corrected chi connectivity index (χ1v) is 7.27. The molecule has 0 atom stereocenters. The van der Waals surface area contributed by atoms with Crippen molar-refractivity contribution in [3.8, 4) is 0 Å². The third kappa shape index (κ3) is 4.32.